The van der Waals surface area contributed by atoms with Crippen LogP contribution in [0.1, 0.15) is 0 Å². The Morgan fingerprint density at radius 3 is 1.43 bits per heavy atom. The number of hydrogen-bond acceptors (Lipinski definition) is 3. The summed E-state index contributed by atoms with van der Waals surface area (Å²) in [5.41, 5.74) is -5.53. The SMILES string of the molecule is COI(c1ccccc1)c1ccccc1.O=S(=O)(O)C(F)(F)F. The van der Waals surface area contributed by atoms with Gasteiger partial charge >= 0.3 is 114 Å². The van der Waals surface area contributed by atoms with Gasteiger partial charge in [-0.2, -0.15) is 21.6 Å². The molecule has 0 heterocycles. The van der Waals surface area contributed by atoms with E-state index in [4.69, 9.17) is 16.0 Å². The number of hydrogen-bond donors (Lipinski definition) is 1. The van der Waals surface area contributed by atoms with E-state index >= 15 is 0 Å². The summed E-state index contributed by atoms with van der Waals surface area (Å²) in [6, 6.07) is 21.0. The van der Waals surface area contributed by atoms with Crippen molar-refractivity contribution in [1.29, 1.82) is 0 Å². The van der Waals surface area contributed by atoms with Gasteiger partial charge < -0.3 is 0 Å². The Morgan fingerprint density at radius 1 is 0.913 bits per heavy atom. The maximum absolute atomic E-state index is 10.7. The summed E-state index contributed by atoms with van der Waals surface area (Å²) in [5, 5.41) is 0. The van der Waals surface area contributed by atoms with E-state index in [1.165, 1.54) is 7.14 Å². The van der Waals surface area contributed by atoms with Crippen molar-refractivity contribution in [3.8, 4) is 0 Å². The molecule has 0 aliphatic heterocycles. The van der Waals surface area contributed by atoms with Crippen molar-refractivity contribution in [2.75, 3.05) is 7.11 Å². The van der Waals surface area contributed by atoms with Crippen molar-refractivity contribution in [3.63, 3.8) is 0 Å². The monoisotopic (exact) mass is 462 g/mol. The molecule has 0 aliphatic carbocycles. The Balaban J connectivity index is 0.000000284. The average Bonchev–Trinajstić information content (AvgIpc) is 2.49. The fourth-order valence-electron chi connectivity index (χ4n) is 1.36. The van der Waals surface area contributed by atoms with Gasteiger partial charge in [-0.1, -0.05) is 0 Å². The summed E-state index contributed by atoms with van der Waals surface area (Å²) in [7, 11) is -4.03. The van der Waals surface area contributed by atoms with E-state index in [0.29, 0.717) is 0 Å². The van der Waals surface area contributed by atoms with Crippen LogP contribution in [0.15, 0.2) is 60.7 Å². The van der Waals surface area contributed by atoms with Gasteiger partial charge in [0.1, 0.15) is 0 Å². The molecule has 2 rings (SSSR count). The van der Waals surface area contributed by atoms with Crippen LogP contribution in [0.2, 0.25) is 0 Å². The standard InChI is InChI=1S/C13H13IO.CHF3O3S/c1-15-14(12-8-4-2-5-9-12)13-10-6-3-7-11-13;2-1(3,4)8(5,6)7/h2-11H,1H3;(H,5,6,7). The van der Waals surface area contributed by atoms with Crippen LogP contribution in [0.3, 0.4) is 0 Å². The Kier molecular flexibility index (Phi) is 7.45. The molecule has 2 aromatic rings. The second-order valence-electron chi connectivity index (χ2n) is 3.92. The summed E-state index contributed by atoms with van der Waals surface area (Å²) in [6.45, 7) is 0. The fraction of sp³-hybridized carbons (Fsp3) is 0.143. The summed E-state index contributed by atoms with van der Waals surface area (Å²) >= 11 is -1.62. The molecular weight excluding hydrogens is 448 g/mol. The van der Waals surface area contributed by atoms with Crippen LogP contribution in [0.5, 0.6) is 0 Å². The van der Waals surface area contributed by atoms with Gasteiger partial charge in [0.25, 0.3) is 0 Å². The molecule has 0 unspecified atom stereocenters. The Morgan fingerprint density at radius 2 is 1.22 bits per heavy atom. The van der Waals surface area contributed by atoms with E-state index in [2.05, 4.69) is 48.5 Å². The minimum absolute atomic E-state index is 1.34. The van der Waals surface area contributed by atoms with Crippen LogP contribution >= 0.6 is 20.2 Å². The zero-order valence-electron chi connectivity index (χ0n) is 11.9. The molecule has 0 radical (unpaired) electrons. The van der Waals surface area contributed by atoms with E-state index < -0.39 is 35.9 Å². The van der Waals surface area contributed by atoms with Gasteiger partial charge in [-0.05, 0) is 0 Å². The van der Waals surface area contributed by atoms with Crippen LogP contribution in [-0.4, -0.2) is 25.6 Å². The molecule has 0 saturated heterocycles. The van der Waals surface area contributed by atoms with Gasteiger partial charge in [0.15, 0.2) is 0 Å². The van der Waals surface area contributed by atoms with Crippen LogP contribution < -0.4 is 0 Å². The van der Waals surface area contributed by atoms with Gasteiger partial charge in [0, 0.05) is 0 Å². The zero-order valence-corrected chi connectivity index (χ0v) is 14.8. The molecule has 0 saturated carbocycles. The summed E-state index contributed by atoms with van der Waals surface area (Å²) in [5.74, 6) is 0. The predicted molar refractivity (Wildman–Crippen MR) is 88.9 cm³/mol. The molecular formula is C14H14F3IO4S. The molecule has 1 N–H and O–H groups in total. The first-order valence-electron chi connectivity index (χ1n) is 6.05. The Labute approximate surface area is 140 Å². The van der Waals surface area contributed by atoms with E-state index in [1.54, 1.807) is 0 Å². The smallest absolute Gasteiger partial charge is 0.279 e. The van der Waals surface area contributed by atoms with Gasteiger partial charge in [0.2, 0.25) is 0 Å². The third-order valence-electron chi connectivity index (χ3n) is 2.31. The van der Waals surface area contributed by atoms with E-state index in [1.807, 2.05) is 19.2 Å². The average molecular weight is 462 g/mol. The summed E-state index contributed by atoms with van der Waals surface area (Å²) in [6.07, 6.45) is 0. The Bertz CT molecular complexity index is 651. The molecule has 0 amide bonds. The zero-order chi connectivity index (χ0) is 17.5. The number of halogens is 4. The molecule has 0 bridgehead atoms. The van der Waals surface area contributed by atoms with Crippen molar-refractivity contribution >= 4 is 30.4 Å². The molecule has 0 spiro atoms. The number of rotatable bonds is 3. The van der Waals surface area contributed by atoms with Crippen molar-refractivity contribution in [2.24, 2.45) is 0 Å². The third kappa shape index (κ3) is 6.45. The quantitative estimate of drug-likeness (QED) is 0.422. The normalized spacial score (nSPS) is 12.1. The molecule has 0 aromatic heterocycles. The van der Waals surface area contributed by atoms with Gasteiger partial charge in [-0.15, -0.1) is 0 Å². The van der Waals surface area contributed by atoms with Crippen LogP contribution in [0.25, 0.3) is 0 Å². The van der Waals surface area contributed by atoms with E-state index in [0.717, 1.165) is 0 Å². The summed E-state index contributed by atoms with van der Waals surface area (Å²) < 4.78 is 65.9. The first-order valence-corrected chi connectivity index (χ1v) is 10.5. The molecule has 23 heavy (non-hydrogen) atoms. The minimum atomic E-state index is -5.84. The summed E-state index contributed by atoms with van der Waals surface area (Å²) in [4.78, 5) is 0. The fourth-order valence-corrected chi connectivity index (χ4v) is 5.24. The van der Waals surface area contributed by atoms with Crippen molar-refractivity contribution < 1.29 is 29.2 Å². The molecule has 0 fully saturated rings. The molecule has 2 aromatic carbocycles. The first kappa shape index (κ1) is 19.9. The number of alkyl halides is 3. The van der Waals surface area contributed by atoms with Crippen LogP contribution in [-0.2, 0) is 13.2 Å². The van der Waals surface area contributed by atoms with E-state index in [-0.39, 0.29) is 0 Å². The minimum Gasteiger partial charge on any atom is -0.279 e. The third-order valence-corrected chi connectivity index (χ3v) is 7.48. The predicted octanol–water partition coefficient (Wildman–Crippen LogP) is 4.19. The van der Waals surface area contributed by atoms with Gasteiger partial charge in [-0.3, -0.25) is 4.55 Å². The van der Waals surface area contributed by atoms with Crippen LogP contribution in [0.4, 0.5) is 13.2 Å². The molecule has 0 aliphatic rings. The van der Waals surface area contributed by atoms with Crippen molar-refractivity contribution in [2.45, 2.75) is 5.51 Å². The molecule has 0 atom stereocenters. The maximum atomic E-state index is 10.7. The second kappa shape index (κ2) is 8.62. The first-order chi connectivity index (χ1) is 10.7. The maximum Gasteiger partial charge on any atom is 0.522 e. The Hall–Kier alpha value is -1.17. The number of benzene rings is 2. The van der Waals surface area contributed by atoms with Gasteiger partial charge in [-0.25, -0.2) is 0 Å². The molecule has 9 heteroatoms. The van der Waals surface area contributed by atoms with Crippen molar-refractivity contribution in [3.05, 3.63) is 67.8 Å². The van der Waals surface area contributed by atoms with Crippen molar-refractivity contribution in [1.82, 2.24) is 0 Å². The molecule has 4 nitrogen and oxygen atoms in total. The second-order valence-corrected chi connectivity index (χ2v) is 10.1. The topological polar surface area (TPSA) is 63.6 Å². The van der Waals surface area contributed by atoms with E-state index in [9.17, 15) is 13.2 Å². The largest absolute Gasteiger partial charge is 0.522 e. The van der Waals surface area contributed by atoms with Gasteiger partial charge in [0.05, 0.1) is 0 Å². The van der Waals surface area contributed by atoms with Crippen LogP contribution in [0, 0.1) is 7.14 Å². The molecule has 128 valence electrons.